The van der Waals surface area contributed by atoms with Crippen molar-refractivity contribution in [2.24, 2.45) is 34.4 Å². The van der Waals surface area contributed by atoms with Crippen LogP contribution in [0.15, 0.2) is 103 Å². The molecule has 26 N–H and O–H groups in total. The molecule has 0 heterocycles. The van der Waals surface area contributed by atoms with Crippen molar-refractivity contribution in [3.63, 3.8) is 0 Å². The first-order chi connectivity index (χ1) is 56.2. The molecule has 10 rings (SSSR count). The summed E-state index contributed by atoms with van der Waals surface area (Å²) in [5, 5.41) is 80.5. The van der Waals surface area contributed by atoms with Crippen molar-refractivity contribution in [3.05, 3.63) is 237 Å². The quantitative estimate of drug-likeness (QED) is 0.0290. The number of carbonyl (C=O) groups is 2. The lowest BCUT2D eigenvalue weighted by atomic mass is 9.78. The van der Waals surface area contributed by atoms with Gasteiger partial charge in [0.15, 0.2) is 35.8 Å². The Labute approximate surface area is 725 Å². The number of hydrogen-bond acceptors (Lipinski definition) is 8. The molecule has 1 atom stereocenters. The molecule has 0 saturated heterocycles. The van der Waals surface area contributed by atoms with Gasteiger partial charge >= 0.3 is 0 Å². The topological polar surface area (TPSA) is 430 Å². The molecule has 0 spiro atoms. The molecule has 0 saturated carbocycles. The molecule has 1 unspecified atom stereocenters. The van der Waals surface area contributed by atoms with Gasteiger partial charge in [0.2, 0.25) is 11.8 Å². The first-order valence-corrected chi connectivity index (χ1v) is 42.7. The van der Waals surface area contributed by atoms with Gasteiger partial charge in [0.1, 0.15) is 0 Å². The summed E-state index contributed by atoms with van der Waals surface area (Å²) in [7, 11) is 0. The average molecular weight is 1650 g/mol. The maximum absolute atomic E-state index is 15.7. The van der Waals surface area contributed by atoms with Crippen molar-refractivity contribution in [2.45, 2.75) is 286 Å². The number of nitrogens with one attached hydrogen (secondary N) is 14. The molecule has 0 aromatic heterocycles. The fourth-order valence-electron chi connectivity index (χ4n) is 16.5. The van der Waals surface area contributed by atoms with E-state index in [9.17, 15) is 0 Å². The van der Waals surface area contributed by atoms with Crippen LogP contribution in [-0.2, 0) is 97.9 Å². The highest BCUT2D eigenvalue weighted by Gasteiger charge is 2.35. The minimum absolute atomic E-state index is 0.0305. The Kier molecular flexibility index (Phi) is 26.3. The number of rotatable bonds is 13. The third kappa shape index (κ3) is 22.5. The summed E-state index contributed by atoms with van der Waals surface area (Å²) in [5.74, 6) is -2.06. The number of amides is 2. The number of carbonyl (C=O) groups excluding carboxylic acids is 2. The number of nitrogens with two attached hydrogens (primary N) is 6. The molecule has 2 aliphatic rings. The maximum Gasteiger partial charge on any atom is 0.224 e. The van der Waals surface area contributed by atoms with Crippen LogP contribution >= 0.6 is 0 Å². The molecule has 0 radical (unpaired) electrons. The highest BCUT2D eigenvalue weighted by molar-refractivity contribution is 5.98. The zero-order valence-electron chi connectivity index (χ0n) is 77.0. The zero-order chi connectivity index (χ0) is 90.5. The van der Waals surface area contributed by atoms with Gasteiger partial charge < -0.3 is 76.9 Å². The van der Waals surface area contributed by atoms with Crippen molar-refractivity contribution in [1.82, 2.24) is 5.32 Å². The summed E-state index contributed by atoms with van der Waals surface area (Å²) in [6.07, 6.45) is 2.91. The van der Waals surface area contributed by atoms with Crippen molar-refractivity contribution in [2.75, 3.05) is 37.2 Å². The predicted octanol–water partition coefficient (Wildman–Crippen LogP) is 19.1. The van der Waals surface area contributed by atoms with Gasteiger partial charge in [-0.05, 0) is 191 Å². The van der Waals surface area contributed by atoms with E-state index in [-0.39, 0.29) is 107 Å². The van der Waals surface area contributed by atoms with Crippen molar-refractivity contribution >= 4 is 87.4 Å². The number of fused-ring (bicyclic) bond motifs is 16. The maximum atomic E-state index is 15.7. The Morgan fingerprint density at radius 3 is 0.697 bits per heavy atom. The van der Waals surface area contributed by atoms with E-state index < -0.39 is 22.3 Å². The Bertz CT molecular complexity index is 5360. The first-order valence-electron chi connectivity index (χ1n) is 42.7. The van der Waals surface area contributed by atoms with Gasteiger partial charge in [-0.25, -0.2) is 0 Å². The van der Waals surface area contributed by atoms with E-state index in [2.05, 4.69) is 312 Å². The number of hydrogen-bond donors (Lipinski definition) is 20. The molecule has 2 amide bonds. The molecule has 122 heavy (non-hydrogen) atoms. The van der Waals surface area contributed by atoms with E-state index in [0.29, 0.717) is 83.9 Å². The molecule has 0 aliphatic heterocycles. The SMILES string of the molecule is CC(C)(C)c1cc2cc(c1)C(NC(=O)CCCCC(=O)Nc1c3cc(C(C)(C)C)cc1Cc1cc(C(C)(C)C)cc(c1NC(=N)N)Cc1cc(C(C)(C)C)cc(c1NC(=N)N)Cc1cc(C(C)(C)C)cc(c1NC(=N)N)C3)c1cc(C(C)(C)C)cc(c1NC(=N)N)Cc1cc(C(C)(C)C)cc(c1NC(=N)N)Cc1cc(C(C)(C)C)cc(c1NC(=N)N)C2. The van der Waals surface area contributed by atoms with E-state index in [4.69, 9.17) is 66.9 Å². The molecule has 22 nitrogen and oxygen atoms in total. The van der Waals surface area contributed by atoms with Crippen LogP contribution in [-0.4, -0.2) is 47.6 Å². The van der Waals surface area contributed by atoms with Gasteiger partial charge in [-0.1, -0.05) is 269 Å². The Balaban J connectivity index is 1.13. The van der Waals surface area contributed by atoms with E-state index in [1.54, 1.807) is 0 Å². The second kappa shape index (κ2) is 34.7. The number of benzene rings is 8. The fraction of sp³-hybridized carbons (Fsp3) is 0.440. The van der Waals surface area contributed by atoms with Gasteiger partial charge in [0.05, 0.1) is 11.7 Å². The summed E-state index contributed by atoms with van der Waals surface area (Å²) in [6.45, 7) is 52.2. The normalized spacial score (nSPS) is 14.0. The fourth-order valence-corrected chi connectivity index (χ4v) is 16.5. The standard InChI is InChI=1S/C100H138N20O2/c1-93(2,3)68-31-53-29-54-38-69(94(4,5)6)42-58(80(54)115-87(101)102)34-61-45-74(99(19,20)21)50-66(84(61)119-91(109)110)37-67-51-75(100(22,23)24)52-76(86(67)120-92(111)112)85(55(30-53)39-68)114-78(122)28-26-25-27-77(121)113-79-56-32-59-43-71(96(10,11)12)46-62(81(59)116-88(103)104)35-64-48-73(98(16,17)18)49-65(83(64)118-90(107)108)36-63-47-72(97(13,14)15)44-60(82(63)117-89(105)106)33-57(79)41-70(40-56)95(7,8)9/h30-31,38-52,85H,25-29,32-37H2,1-24H3,(H,113,121)(H,114,122)(H4,101,102,115)(H4,103,104,116)(H4,105,106,117)(H4,107,108,118)(H4,109,110,119)(H4,111,112,120). The van der Waals surface area contributed by atoms with Gasteiger partial charge in [0.25, 0.3) is 0 Å². The summed E-state index contributed by atoms with van der Waals surface area (Å²) in [6, 6.07) is 36.2. The monoisotopic (exact) mass is 1650 g/mol. The van der Waals surface area contributed by atoms with Crippen molar-refractivity contribution in [1.29, 1.82) is 32.5 Å². The number of anilines is 7. The lowest BCUT2D eigenvalue weighted by Crippen LogP contribution is -2.32. The van der Waals surface area contributed by atoms with Gasteiger partial charge in [-0.15, -0.1) is 0 Å². The van der Waals surface area contributed by atoms with E-state index >= 15 is 9.59 Å². The van der Waals surface area contributed by atoms with Crippen molar-refractivity contribution < 1.29 is 9.59 Å². The summed E-state index contributed by atoms with van der Waals surface area (Å²) in [5.41, 5.74) is 61.7. The van der Waals surface area contributed by atoms with Crippen LogP contribution < -0.4 is 76.9 Å². The number of unbranched alkanes of at least 4 members (excludes halogenated alkanes) is 1. The molecule has 0 fully saturated rings. The van der Waals surface area contributed by atoms with Crippen LogP contribution in [0.25, 0.3) is 0 Å². The molecule has 650 valence electrons. The summed E-state index contributed by atoms with van der Waals surface area (Å²) >= 11 is 0. The van der Waals surface area contributed by atoms with E-state index in [0.717, 1.165) is 128 Å². The highest BCUT2D eigenvalue weighted by atomic mass is 16.2. The van der Waals surface area contributed by atoms with Gasteiger partial charge in [-0.2, -0.15) is 0 Å². The van der Waals surface area contributed by atoms with Gasteiger partial charge in [-0.3, -0.25) is 42.0 Å². The molecule has 8 aromatic rings. The molecular formula is C100H138N20O2. The lowest BCUT2D eigenvalue weighted by Gasteiger charge is -2.31. The number of guanidine groups is 6. The van der Waals surface area contributed by atoms with Crippen LogP contribution in [0.2, 0.25) is 0 Å². The minimum atomic E-state index is -0.873. The zero-order valence-corrected chi connectivity index (χ0v) is 77.0. The lowest BCUT2D eigenvalue weighted by molar-refractivity contribution is -0.122. The Morgan fingerprint density at radius 1 is 0.262 bits per heavy atom. The molecule has 8 aromatic carbocycles. The molecule has 2 aliphatic carbocycles. The second-order valence-corrected chi connectivity index (χ2v) is 42.3. The smallest absolute Gasteiger partial charge is 0.224 e. The molecule has 16 bridgehead atoms. The Morgan fingerprint density at radius 2 is 0.459 bits per heavy atom. The first kappa shape index (κ1) is 92.6. The van der Waals surface area contributed by atoms with Crippen LogP contribution in [0.1, 0.15) is 331 Å². The van der Waals surface area contributed by atoms with E-state index in [1.165, 1.54) is 0 Å². The largest absolute Gasteiger partial charge is 0.370 e. The third-order valence-corrected chi connectivity index (χ3v) is 23.5. The minimum Gasteiger partial charge on any atom is -0.370 e. The van der Waals surface area contributed by atoms with E-state index in [1.807, 2.05) is 0 Å². The summed E-state index contributed by atoms with van der Waals surface area (Å²) < 4.78 is 0. The van der Waals surface area contributed by atoms with Gasteiger partial charge in [0, 0.05) is 91.1 Å². The second-order valence-electron chi connectivity index (χ2n) is 42.3. The van der Waals surface area contributed by atoms with Crippen LogP contribution in [0.5, 0.6) is 0 Å². The van der Waals surface area contributed by atoms with Crippen LogP contribution in [0.3, 0.4) is 0 Å². The van der Waals surface area contributed by atoms with Crippen LogP contribution in [0, 0.1) is 32.5 Å². The predicted molar refractivity (Wildman–Crippen MR) is 511 cm³/mol. The van der Waals surface area contributed by atoms with Crippen LogP contribution in [0.4, 0.5) is 39.8 Å². The van der Waals surface area contributed by atoms with Crippen molar-refractivity contribution in [3.8, 4) is 0 Å². The molecule has 22 heteroatoms. The Hall–Kier alpha value is -11.7. The molecular weight excluding hydrogens is 1510 g/mol. The third-order valence-electron chi connectivity index (χ3n) is 23.5. The highest BCUT2D eigenvalue weighted by Crippen LogP contribution is 2.47. The average Bonchev–Trinajstić information content (AvgIpc) is 0.759. The summed E-state index contributed by atoms with van der Waals surface area (Å²) in [4.78, 5) is 31.3.